The Hall–Kier alpha value is -1.80. The van der Waals surface area contributed by atoms with Crippen molar-refractivity contribution in [2.24, 2.45) is 0 Å². The van der Waals surface area contributed by atoms with Gasteiger partial charge in [-0.25, -0.2) is 0 Å². The van der Waals surface area contributed by atoms with Crippen LogP contribution in [0.3, 0.4) is 0 Å². The van der Waals surface area contributed by atoms with Gasteiger partial charge in [0.05, 0.1) is 16.5 Å². The summed E-state index contributed by atoms with van der Waals surface area (Å²) in [4.78, 5) is 3.03. The van der Waals surface area contributed by atoms with Crippen molar-refractivity contribution in [1.82, 2.24) is 0 Å². The van der Waals surface area contributed by atoms with Crippen LogP contribution in [-0.4, -0.2) is 19.5 Å². The van der Waals surface area contributed by atoms with Crippen LogP contribution >= 0.6 is 0 Å². The van der Waals surface area contributed by atoms with E-state index in [1.165, 1.54) is 0 Å². The predicted molar refractivity (Wildman–Crippen MR) is 98.9 cm³/mol. The molecule has 0 saturated carbocycles. The van der Waals surface area contributed by atoms with Crippen LogP contribution < -0.4 is 0 Å². The van der Waals surface area contributed by atoms with Gasteiger partial charge in [0.2, 0.25) is 0 Å². The van der Waals surface area contributed by atoms with E-state index in [0.717, 1.165) is 26.8 Å². The van der Waals surface area contributed by atoms with E-state index >= 15 is 0 Å². The van der Waals surface area contributed by atoms with Crippen LogP contribution in [0.2, 0.25) is 0 Å². The molecule has 0 bridgehead atoms. The zero-order valence-electron chi connectivity index (χ0n) is 14.8. The summed E-state index contributed by atoms with van der Waals surface area (Å²) < 4.78 is 97.9. The Labute approximate surface area is 171 Å². The molecule has 0 radical (unpaired) electrons. The van der Waals surface area contributed by atoms with Crippen LogP contribution in [0.1, 0.15) is 5.56 Å². The van der Waals surface area contributed by atoms with Crippen LogP contribution in [0.5, 0.6) is 0 Å². The summed E-state index contributed by atoms with van der Waals surface area (Å²) in [6.45, 7) is 0. The molecule has 3 aromatic carbocycles. The van der Waals surface area contributed by atoms with Gasteiger partial charge in [-0.1, -0.05) is 36.4 Å². The molecule has 0 fully saturated rings. The molecule has 11 heteroatoms. The fourth-order valence-corrected chi connectivity index (χ4v) is 4.38. The molecule has 3 aromatic rings. The Morgan fingerprint density at radius 3 is 1.10 bits per heavy atom. The van der Waals surface area contributed by atoms with Crippen LogP contribution in [0.15, 0.2) is 99.6 Å². The maximum atomic E-state index is 12.8. The minimum atomic E-state index is -11.2. The van der Waals surface area contributed by atoms with Crippen LogP contribution in [0.25, 0.3) is 0 Å². The van der Waals surface area contributed by atoms with E-state index in [-0.39, 0.29) is 0 Å². The number of halogens is 9. The van der Waals surface area contributed by atoms with Crippen molar-refractivity contribution < 1.29 is 30.0 Å². The Bertz CT molecular complexity index is 902. The van der Waals surface area contributed by atoms with E-state index in [1.54, 1.807) is 12.1 Å². The third-order valence-corrected chi connectivity index (χ3v) is 5.61. The molecule has 30 heavy (non-hydrogen) atoms. The molecular formula is C19H14F9SSb. The van der Waals surface area contributed by atoms with Gasteiger partial charge in [0.25, 0.3) is 0 Å². The molecule has 0 unspecified atom stereocenters. The first kappa shape index (κ1) is 24.5. The first-order valence-corrected chi connectivity index (χ1v) is 15.1. The monoisotopic (exact) mass is 566 g/mol. The molecule has 0 atom stereocenters. The van der Waals surface area contributed by atoms with Crippen molar-refractivity contribution in [3.63, 3.8) is 0 Å². The number of alkyl halides is 3. The van der Waals surface area contributed by atoms with Crippen LogP contribution in [0, 0.1) is 0 Å². The van der Waals surface area contributed by atoms with E-state index in [4.69, 9.17) is 0 Å². The van der Waals surface area contributed by atoms with Crippen LogP contribution in [0.4, 0.5) is 30.0 Å². The van der Waals surface area contributed by atoms with Gasteiger partial charge < -0.3 is 0 Å². The molecule has 0 aliphatic carbocycles. The van der Waals surface area contributed by atoms with Gasteiger partial charge in [0.1, 0.15) is 0 Å². The van der Waals surface area contributed by atoms with Crippen LogP contribution in [-0.2, 0) is 17.1 Å². The summed E-state index contributed by atoms with van der Waals surface area (Å²) in [5.74, 6) is 0. The molecule has 0 amide bonds. The molecule has 0 aliphatic rings. The third-order valence-electron chi connectivity index (χ3n) is 3.38. The minimum absolute atomic E-state index is 0.417. The molecular weight excluding hydrogens is 553 g/mol. The molecule has 0 heterocycles. The Kier molecular flexibility index (Phi) is 6.55. The zero-order chi connectivity index (χ0) is 22.7. The molecule has 3 rings (SSSR count). The van der Waals surface area contributed by atoms with Crippen molar-refractivity contribution in [2.75, 3.05) is 0 Å². The summed E-state index contributed by atoms with van der Waals surface area (Å²) in [6, 6.07) is 25.1. The van der Waals surface area contributed by atoms with Gasteiger partial charge >= 0.3 is 42.5 Å². The molecule has 0 nitrogen and oxygen atoms in total. The molecule has 0 N–H and O–H groups in total. The van der Waals surface area contributed by atoms with Gasteiger partial charge in [-0.05, 0) is 48.5 Å². The summed E-state index contributed by atoms with van der Waals surface area (Å²) in [7, 11) is -0.417. The van der Waals surface area contributed by atoms with Gasteiger partial charge in [0, 0.05) is 0 Å². The van der Waals surface area contributed by atoms with Crippen molar-refractivity contribution >= 4 is 30.4 Å². The second-order valence-electron chi connectivity index (χ2n) is 5.91. The summed E-state index contributed by atoms with van der Waals surface area (Å²) >= 11 is -11.2. The summed E-state index contributed by atoms with van der Waals surface area (Å²) in [5, 5.41) is 0. The fraction of sp³-hybridized carbons (Fsp3) is 0.0526. The predicted octanol–water partition coefficient (Wildman–Crippen LogP) is 7.94. The second-order valence-corrected chi connectivity index (χ2v) is 13.4. The van der Waals surface area contributed by atoms with Crippen molar-refractivity contribution in [1.29, 1.82) is 0 Å². The van der Waals surface area contributed by atoms with Crippen molar-refractivity contribution in [2.45, 2.75) is 20.9 Å². The van der Waals surface area contributed by atoms with E-state index in [2.05, 4.69) is 0 Å². The van der Waals surface area contributed by atoms with E-state index in [0.29, 0.717) is 0 Å². The first-order valence-electron chi connectivity index (χ1n) is 8.09. The zero-order valence-corrected chi connectivity index (χ0v) is 18.2. The van der Waals surface area contributed by atoms with E-state index < -0.39 is 42.1 Å². The molecule has 0 aromatic heterocycles. The standard InChI is InChI=1S/C19H14F3S.6FH.Sb/c20-19(21,22)15-11-13-18(14-12-15)23(16-7-3-1-4-8-16)17-9-5-2-6-10-17;;;;;;;/h1-14H;6*1H;/q+1;;;;;;;+5/p-6. The summed E-state index contributed by atoms with van der Waals surface area (Å²) in [5.41, 5.74) is -0.620. The number of hydrogen-bond donors (Lipinski definition) is 0. The normalized spacial score (nSPS) is 14.3. The number of rotatable bonds is 3. The second kappa shape index (κ2) is 8.04. The van der Waals surface area contributed by atoms with E-state index in [1.807, 2.05) is 60.7 Å². The van der Waals surface area contributed by atoms with Crippen molar-refractivity contribution in [3.8, 4) is 0 Å². The molecule has 0 saturated heterocycles. The SMILES string of the molecule is FC(F)(F)c1ccc([S+](c2ccccc2)c2ccccc2)cc1.[F][Sb-]([F])([F])([F])([F])[F]. The summed E-state index contributed by atoms with van der Waals surface area (Å²) in [6.07, 6.45) is -4.31. The third kappa shape index (κ3) is 9.34. The Morgan fingerprint density at radius 1 is 0.500 bits per heavy atom. The Balaban J connectivity index is 0.000000396. The number of benzene rings is 3. The van der Waals surface area contributed by atoms with E-state index in [9.17, 15) is 30.0 Å². The first-order chi connectivity index (χ1) is 13.5. The topological polar surface area (TPSA) is 0 Å². The maximum absolute atomic E-state index is 12.8. The average Bonchev–Trinajstić information content (AvgIpc) is 2.61. The van der Waals surface area contributed by atoms with Gasteiger partial charge in [-0.3, -0.25) is 0 Å². The number of hydrogen-bond acceptors (Lipinski definition) is 0. The molecule has 164 valence electrons. The average molecular weight is 567 g/mol. The molecule has 0 spiro atoms. The van der Waals surface area contributed by atoms with Gasteiger partial charge in [0.15, 0.2) is 14.7 Å². The quantitative estimate of drug-likeness (QED) is 0.171. The molecule has 0 aliphatic heterocycles. The van der Waals surface area contributed by atoms with Crippen molar-refractivity contribution in [3.05, 3.63) is 90.5 Å². The Morgan fingerprint density at radius 2 is 0.800 bits per heavy atom. The van der Waals surface area contributed by atoms with Gasteiger partial charge in [-0.2, -0.15) is 13.2 Å². The fourth-order valence-electron chi connectivity index (χ4n) is 2.30. The van der Waals surface area contributed by atoms with Gasteiger partial charge in [-0.15, -0.1) is 0 Å².